The third kappa shape index (κ3) is 4.42. The molecule has 2 aromatic carbocycles. The maximum Gasteiger partial charge on any atom is 0.322 e. The van der Waals surface area contributed by atoms with Crippen molar-refractivity contribution in [3.8, 4) is 17.1 Å². The minimum Gasteiger partial charge on any atom is -0.497 e. The number of hydrogen-bond donors (Lipinski definition) is 1. The second-order valence-corrected chi connectivity index (χ2v) is 8.30. The maximum absolute atomic E-state index is 13.2. The summed E-state index contributed by atoms with van der Waals surface area (Å²) in [5.41, 5.74) is 4.38. The number of methoxy groups -OCH3 is 1. The lowest BCUT2D eigenvalue weighted by Crippen LogP contribution is -2.45. The number of nitrogens with one attached hydrogen (secondary N) is 1. The molecule has 1 atom stereocenters. The van der Waals surface area contributed by atoms with Crippen LogP contribution in [0.5, 0.6) is 5.75 Å². The van der Waals surface area contributed by atoms with Crippen molar-refractivity contribution < 1.29 is 18.5 Å². The molecule has 0 spiro atoms. The van der Waals surface area contributed by atoms with Crippen LogP contribution in [0, 0.1) is 0 Å². The summed E-state index contributed by atoms with van der Waals surface area (Å²) in [5, 5.41) is 7.34. The molecule has 8 heteroatoms. The lowest BCUT2D eigenvalue weighted by atomic mass is 9.93. The van der Waals surface area contributed by atoms with Crippen molar-refractivity contribution in [1.82, 2.24) is 20.4 Å². The zero-order chi connectivity index (χ0) is 24.4. The Balaban J connectivity index is 1.58. The molecule has 5 rings (SSSR count). The van der Waals surface area contributed by atoms with Crippen molar-refractivity contribution in [3.63, 3.8) is 0 Å². The van der Waals surface area contributed by atoms with Gasteiger partial charge in [-0.15, -0.1) is 0 Å². The summed E-state index contributed by atoms with van der Waals surface area (Å²) in [6.45, 7) is 4.28. The van der Waals surface area contributed by atoms with Gasteiger partial charge in [-0.05, 0) is 48.7 Å². The van der Waals surface area contributed by atoms with Crippen LogP contribution in [0.25, 0.3) is 17.0 Å². The Morgan fingerprint density at radius 3 is 2.66 bits per heavy atom. The van der Waals surface area contributed by atoms with Crippen molar-refractivity contribution in [2.75, 3.05) is 7.11 Å². The van der Waals surface area contributed by atoms with Crippen LogP contribution in [-0.2, 0) is 13.0 Å². The highest BCUT2D eigenvalue weighted by Crippen LogP contribution is 2.38. The largest absolute Gasteiger partial charge is 0.497 e. The molecule has 8 nitrogen and oxygen atoms in total. The molecule has 3 heterocycles. The summed E-state index contributed by atoms with van der Waals surface area (Å²) in [6, 6.07) is 18.6. The summed E-state index contributed by atoms with van der Waals surface area (Å²) in [7, 11) is 1.61. The number of allylic oxidation sites excluding steroid dienone is 1. The zero-order valence-electron chi connectivity index (χ0n) is 19.8. The second kappa shape index (κ2) is 9.50. The first-order valence-corrected chi connectivity index (χ1v) is 11.5. The Morgan fingerprint density at radius 2 is 1.94 bits per heavy atom. The summed E-state index contributed by atoms with van der Waals surface area (Å²) in [6.07, 6.45) is 2.52. The molecule has 0 aliphatic carbocycles. The van der Waals surface area contributed by atoms with Crippen LogP contribution < -0.4 is 10.1 Å². The van der Waals surface area contributed by atoms with E-state index in [0.29, 0.717) is 23.2 Å². The number of nitrogens with zero attached hydrogens (tertiary/aromatic N) is 3. The first-order valence-electron chi connectivity index (χ1n) is 11.5. The first kappa shape index (κ1) is 22.5. The zero-order valence-corrected chi connectivity index (χ0v) is 19.8. The van der Waals surface area contributed by atoms with Crippen LogP contribution in [-0.4, -0.2) is 28.2 Å². The number of aryl methyl sites for hydroxylation is 1. The minimum absolute atomic E-state index is 0.222. The van der Waals surface area contributed by atoms with E-state index in [1.165, 1.54) is 5.56 Å². The SMILES string of the molecule is CCc1ccc(C2NC(=O)N(Cc3ccco3)C(C)=C2c2nc(-c3cccc(OC)c3)no2)cc1. The quantitative estimate of drug-likeness (QED) is 0.378. The molecular formula is C27H26N4O4. The average Bonchev–Trinajstić information content (AvgIpc) is 3.59. The van der Waals surface area contributed by atoms with Gasteiger partial charge in [-0.1, -0.05) is 48.5 Å². The number of amides is 2. The van der Waals surface area contributed by atoms with E-state index in [1.54, 1.807) is 24.3 Å². The number of carbonyl (C=O) groups is 1. The fourth-order valence-electron chi connectivity index (χ4n) is 4.22. The molecule has 2 aromatic heterocycles. The Hall–Kier alpha value is -4.33. The Bertz CT molecular complexity index is 1360. The molecule has 1 N–H and O–H groups in total. The van der Waals surface area contributed by atoms with Crippen molar-refractivity contribution >= 4 is 11.6 Å². The van der Waals surface area contributed by atoms with Gasteiger partial charge in [0.2, 0.25) is 5.82 Å². The van der Waals surface area contributed by atoms with Gasteiger partial charge in [-0.3, -0.25) is 4.90 Å². The van der Waals surface area contributed by atoms with Gasteiger partial charge < -0.3 is 19.0 Å². The van der Waals surface area contributed by atoms with E-state index in [9.17, 15) is 4.79 Å². The Morgan fingerprint density at radius 1 is 1.11 bits per heavy atom. The number of urea groups is 1. The molecule has 0 radical (unpaired) electrons. The smallest absolute Gasteiger partial charge is 0.322 e. The first-order chi connectivity index (χ1) is 17.1. The number of aromatic nitrogens is 2. The number of furan rings is 1. The van der Waals surface area contributed by atoms with Gasteiger partial charge in [0.15, 0.2) is 0 Å². The lowest BCUT2D eigenvalue weighted by Gasteiger charge is -2.34. The van der Waals surface area contributed by atoms with E-state index in [1.807, 2.05) is 49.4 Å². The molecule has 0 saturated heterocycles. The van der Waals surface area contributed by atoms with Crippen molar-refractivity contribution in [1.29, 1.82) is 0 Å². The van der Waals surface area contributed by atoms with Crippen LogP contribution in [0.3, 0.4) is 0 Å². The summed E-state index contributed by atoms with van der Waals surface area (Å²) < 4.78 is 16.6. The molecular weight excluding hydrogens is 444 g/mol. The molecule has 178 valence electrons. The molecule has 35 heavy (non-hydrogen) atoms. The van der Waals surface area contributed by atoms with Gasteiger partial charge in [0, 0.05) is 11.3 Å². The number of benzene rings is 2. The van der Waals surface area contributed by atoms with Crippen LogP contribution in [0.2, 0.25) is 0 Å². The van der Waals surface area contributed by atoms with Crippen molar-refractivity contribution in [2.45, 2.75) is 32.9 Å². The van der Waals surface area contributed by atoms with Gasteiger partial charge >= 0.3 is 6.03 Å². The van der Waals surface area contributed by atoms with Gasteiger partial charge in [-0.25, -0.2) is 4.79 Å². The van der Waals surface area contributed by atoms with E-state index < -0.39 is 6.04 Å². The van der Waals surface area contributed by atoms with Gasteiger partial charge in [-0.2, -0.15) is 4.98 Å². The van der Waals surface area contributed by atoms with Crippen LogP contribution in [0.1, 0.15) is 42.7 Å². The molecule has 2 amide bonds. The predicted octanol–water partition coefficient (Wildman–Crippen LogP) is 5.60. The highest BCUT2D eigenvalue weighted by molar-refractivity contribution is 5.86. The standard InChI is InChI=1S/C27H26N4O4/c1-4-18-10-12-19(13-11-18)24-23(17(2)31(27(32)28-24)16-22-9-6-14-34-22)26-29-25(30-35-26)20-7-5-8-21(15-20)33-3/h5-15,24H,4,16H2,1-3H3,(H,28,32). The van der Waals surface area contributed by atoms with Gasteiger partial charge in [0.05, 0.1) is 31.5 Å². The molecule has 0 saturated carbocycles. The number of rotatable bonds is 7. The summed E-state index contributed by atoms with van der Waals surface area (Å²) >= 11 is 0. The summed E-state index contributed by atoms with van der Waals surface area (Å²) in [5.74, 6) is 2.16. The molecule has 1 aliphatic rings. The molecule has 0 bridgehead atoms. The van der Waals surface area contributed by atoms with E-state index in [0.717, 1.165) is 28.8 Å². The van der Waals surface area contributed by atoms with Crippen molar-refractivity contribution in [3.05, 3.63) is 95.4 Å². The second-order valence-electron chi connectivity index (χ2n) is 8.30. The molecule has 0 fully saturated rings. The Kier molecular flexibility index (Phi) is 6.10. The fourth-order valence-corrected chi connectivity index (χ4v) is 4.22. The van der Waals surface area contributed by atoms with Gasteiger partial charge in [0.25, 0.3) is 5.89 Å². The fraction of sp³-hybridized carbons (Fsp3) is 0.222. The van der Waals surface area contributed by atoms with E-state index in [2.05, 4.69) is 29.5 Å². The highest BCUT2D eigenvalue weighted by Gasteiger charge is 2.36. The van der Waals surface area contributed by atoms with Crippen LogP contribution >= 0.6 is 0 Å². The minimum atomic E-state index is -0.445. The highest BCUT2D eigenvalue weighted by atomic mass is 16.5. The van der Waals surface area contributed by atoms with Crippen LogP contribution in [0.15, 0.2) is 81.6 Å². The molecule has 4 aromatic rings. The van der Waals surface area contributed by atoms with E-state index in [4.69, 9.17) is 18.7 Å². The topological polar surface area (TPSA) is 93.6 Å². The predicted molar refractivity (Wildman–Crippen MR) is 130 cm³/mol. The molecule has 1 unspecified atom stereocenters. The monoisotopic (exact) mass is 470 g/mol. The molecule has 1 aliphatic heterocycles. The number of ether oxygens (including phenoxy) is 1. The average molecular weight is 471 g/mol. The maximum atomic E-state index is 13.2. The van der Waals surface area contributed by atoms with Crippen molar-refractivity contribution in [2.24, 2.45) is 0 Å². The lowest BCUT2D eigenvalue weighted by molar-refractivity contribution is 0.199. The summed E-state index contributed by atoms with van der Waals surface area (Å²) in [4.78, 5) is 19.5. The van der Waals surface area contributed by atoms with Crippen LogP contribution in [0.4, 0.5) is 4.79 Å². The van der Waals surface area contributed by atoms with E-state index >= 15 is 0 Å². The third-order valence-corrected chi connectivity index (χ3v) is 6.20. The number of carbonyl (C=O) groups excluding carboxylic acids is 1. The van der Waals surface area contributed by atoms with E-state index in [-0.39, 0.29) is 12.6 Å². The third-order valence-electron chi connectivity index (χ3n) is 6.20. The van der Waals surface area contributed by atoms with Gasteiger partial charge in [0.1, 0.15) is 11.5 Å². The Labute approximate surface area is 203 Å². The number of hydrogen-bond acceptors (Lipinski definition) is 6. The normalized spacial score (nSPS) is 15.9.